The topological polar surface area (TPSA) is 24.5 Å². The van der Waals surface area contributed by atoms with Gasteiger partial charge in [0.2, 0.25) is 0 Å². The second-order valence-corrected chi connectivity index (χ2v) is 6.11. The van der Waals surface area contributed by atoms with Gasteiger partial charge in [-0.25, -0.2) is 0 Å². The van der Waals surface area contributed by atoms with Crippen LogP contribution in [-0.2, 0) is 4.74 Å². The van der Waals surface area contributed by atoms with Crippen molar-refractivity contribution in [2.45, 2.75) is 37.3 Å². The van der Waals surface area contributed by atoms with Gasteiger partial charge >= 0.3 is 0 Å². The van der Waals surface area contributed by atoms with Crippen LogP contribution in [0.25, 0.3) is 0 Å². The van der Waals surface area contributed by atoms with E-state index in [-0.39, 0.29) is 0 Å². The van der Waals surface area contributed by atoms with E-state index in [1.807, 2.05) is 0 Å². The second-order valence-electron chi connectivity index (χ2n) is 6.11. The Hall–Kier alpha value is -0.120. The first-order valence-corrected chi connectivity index (χ1v) is 6.98. The molecule has 2 saturated carbocycles. The highest BCUT2D eigenvalue weighted by atomic mass is 16.5. The van der Waals surface area contributed by atoms with E-state index in [0.717, 1.165) is 24.5 Å². The van der Waals surface area contributed by atoms with Crippen molar-refractivity contribution in [3.63, 3.8) is 0 Å². The van der Waals surface area contributed by atoms with Crippen LogP contribution in [0.2, 0.25) is 0 Å². The number of hydrogen-bond donors (Lipinski definition) is 1. The molecule has 1 spiro atoms. The van der Waals surface area contributed by atoms with Gasteiger partial charge in [0.1, 0.15) is 0 Å². The molecule has 0 amide bonds. The molecular formula is C13H22N2O. The van der Waals surface area contributed by atoms with E-state index in [4.69, 9.17) is 4.74 Å². The molecule has 3 heteroatoms. The number of rotatable bonds is 1. The van der Waals surface area contributed by atoms with Crippen molar-refractivity contribution in [1.29, 1.82) is 0 Å². The van der Waals surface area contributed by atoms with Crippen molar-refractivity contribution in [2.75, 3.05) is 32.8 Å². The van der Waals surface area contributed by atoms with Crippen molar-refractivity contribution >= 4 is 0 Å². The first-order chi connectivity index (χ1) is 7.89. The van der Waals surface area contributed by atoms with Gasteiger partial charge in [0.25, 0.3) is 0 Å². The molecule has 16 heavy (non-hydrogen) atoms. The van der Waals surface area contributed by atoms with Crippen LogP contribution < -0.4 is 5.32 Å². The number of ether oxygens (including phenoxy) is 1. The first-order valence-electron chi connectivity index (χ1n) is 6.98. The number of piperazine rings is 1. The maximum atomic E-state index is 6.10. The highest BCUT2D eigenvalue weighted by molar-refractivity contribution is 5.15. The molecule has 4 atom stereocenters. The Labute approximate surface area is 97.5 Å². The van der Waals surface area contributed by atoms with Crippen molar-refractivity contribution in [1.82, 2.24) is 10.2 Å². The Morgan fingerprint density at radius 3 is 2.94 bits per heavy atom. The van der Waals surface area contributed by atoms with E-state index in [1.54, 1.807) is 0 Å². The molecule has 0 radical (unpaired) electrons. The largest absolute Gasteiger partial charge is 0.374 e. The fraction of sp³-hybridized carbons (Fsp3) is 1.00. The molecule has 2 bridgehead atoms. The predicted molar refractivity (Wildman–Crippen MR) is 62.4 cm³/mol. The molecule has 3 heterocycles. The molecule has 3 aliphatic heterocycles. The van der Waals surface area contributed by atoms with Crippen LogP contribution in [0.15, 0.2) is 0 Å². The summed E-state index contributed by atoms with van der Waals surface area (Å²) in [5.41, 5.74) is 0.346. The Morgan fingerprint density at radius 1 is 1.25 bits per heavy atom. The SMILES string of the molecule is C1CC(N2CCNCC2)C2C3COC2(C1)C3. The third kappa shape index (κ3) is 1.20. The summed E-state index contributed by atoms with van der Waals surface area (Å²) in [6.45, 7) is 5.94. The van der Waals surface area contributed by atoms with E-state index in [9.17, 15) is 0 Å². The number of hydrogen-bond acceptors (Lipinski definition) is 3. The average Bonchev–Trinajstić information content (AvgIpc) is 2.88. The van der Waals surface area contributed by atoms with Gasteiger partial charge in [0.05, 0.1) is 12.2 Å². The van der Waals surface area contributed by atoms with Gasteiger partial charge in [-0.05, 0) is 31.6 Å². The van der Waals surface area contributed by atoms with Gasteiger partial charge in [0.15, 0.2) is 0 Å². The monoisotopic (exact) mass is 222 g/mol. The maximum absolute atomic E-state index is 6.10. The summed E-state index contributed by atoms with van der Waals surface area (Å²) >= 11 is 0. The van der Waals surface area contributed by atoms with Gasteiger partial charge in [-0.15, -0.1) is 0 Å². The molecule has 3 saturated heterocycles. The zero-order valence-electron chi connectivity index (χ0n) is 9.95. The zero-order valence-corrected chi connectivity index (χ0v) is 9.95. The lowest BCUT2D eigenvalue weighted by Crippen LogP contribution is -2.62. The number of nitrogens with one attached hydrogen (secondary N) is 1. The summed E-state index contributed by atoms with van der Waals surface area (Å²) in [6, 6.07) is 0.845. The Morgan fingerprint density at radius 2 is 2.12 bits per heavy atom. The van der Waals surface area contributed by atoms with Crippen LogP contribution in [0.4, 0.5) is 0 Å². The summed E-state index contributed by atoms with van der Waals surface area (Å²) in [4.78, 5) is 2.75. The van der Waals surface area contributed by atoms with Gasteiger partial charge < -0.3 is 10.1 Å². The molecule has 2 aliphatic carbocycles. The van der Waals surface area contributed by atoms with Crippen LogP contribution in [0.3, 0.4) is 0 Å². The third-order valence-electron chi connectivity index (χ3n) is 5.44. The maximum Gasteiger partial charge on any atom is 0.0732 e. The standard InChI is InChI=1S/C13H22N2O/c1-2-11(15-6-4-14-5-7-15)12-10-8-13(12,3-1)16-9-10/h10-12,14H,1-9H2. The van der Waals surface area contributed by atoms with E-state index in [2.05, 4.69) is 10.2 Å². The van der Waals surface area contributed by atoms with Crippen LogP contribution in [0.1, 0.15) is 25.7 Å². The summed E-state index contributed by atoms with van der Waals surface area (Å²) in [6.07, 6.45) is 5.53. The molecule has 5 fully saturated rings. The minimum Gasteiger partial charge on any atom is -0.374 e. The average molecular weight is 222 g/mol. The van der Waals surface area contributed by atoms with Gasteiger partial charge in [-0.3, -0.25) is 4.90 Å². The number of nitrogens with zero attached hydrogens (tertiary/aromatic N) is 1. The van der Waals surface area contributed by atoms with Crippen molar-refractivity contribution < 1.29 is 4.74 Å². The van der Waals surface area contributed by atoms with Crippen molar-refractivity contribution in [3.05, 3.63) is 0 Å². The van der Waals surface area contributed by atoms with Gasteiger partial charge in [0, 0.05) is 38.1 Å². The predicted octanol–water partition coefficient (Wildman–Crippen LogP) is 0.849. The minimum absolute atomic E-state index is 0.346. The minimum atomic E-state index is 0.346. The molecule has 1 N–H and O–H groups in total. The van der Waals surface area contributed by atoms with Crippen LogP contribution in [0.5, 0.6) is 0 Å². The summed E-state index contributed by atoms with van der Waals surface area (Å²) in [5, 5.41) is 3.46. The normalized spacial score (nSPS) is 52.1. The lowest BCUT2D eigenvalue weighted by molar-refractivity contribution is -0.117. The number of fused-ring (bicyclic) bond motifs is 1. The van der Waals surface area contributed by atoms with Crippen LogP contribution >= 0.6 is 0 Å². The molecule has 5 rings (SSSR count). The van der Waals surface area contributed by atoms with Crippen LogP contribution in [0, 0.1) is 11.8 Å². The quantitative estimate of drug-likeness (QED) is 0.712. The third-order valence-corrected chi connectivity index (χ3v) is 5.44. The fourth-order valence-electron chi connectivity index (χ4n) is 4.79. The van der Waals surface area contributed by atoms with Crippen molar-refractivity contribution in [3.8, 4) is 0 Å². The summed E-state index contributed by atoms with van der Waals surface area (Å²) < 4.78 is 6.10. The smallest absolute Gasteiger partial charge is 0.0732 e. The Bertz CT molecular complexity index is 286. The second kappa shape index (κ2) is 3.44. The van der Waals surface area contributed by atoms with Crippen LogP contribution in [-0.4, -0.2) is 49.3 Å². The zero-order chi connectivity index (χ0) is 10.6. The van der Waals surface area contributed by atoms with E-state index >= 15 is 0 Å². The molecular weight excluding hydrogens is 200 g/mol. The Balaban J connectivity index is 1.55. The van der Waals surface area contributed by atoms with Gasteiger partial charge in [-0.1, -0.05) is 0 Å². The molecule has 0 aromatic carbocycles. The summed E-state index contributed by atoms with van der Waals surface area (Å²) in [5.74, 6) is 1.79. The molecule has 3 nitrogen and oxygen atoms in total. The lowest BCUT2D eigenvalue weighted by Gasteiger charge is -2.55. The highest BCUT2D eigenvalue weighted by Crippen LogP contribution is 2.60. The molecule has 0 aromatic rings. The highest BCUT2D eigenvalue weighted by Gasteiger charge is 2.64. The summed E-state index contributed by atoms with van der Waals surface area (Å²) in [7, 11) is 0. The molecule has 0 aromatic heterocycles. The lowest BCUT2D eigenvalue weighted by atomic mass is 9.55. The Kier molecular flexibility index (Phi) is 2.12. The van der Waals surface area contributed by atoms with E-state index in [0.29, 0.717) is 5.60 Å². The van der Waals surface area contributed by atoms with Crippen molar-refractivity contribution in [2.24, 2.45) is 11.8 Å². The molecule has 4 unspecified atom stereocenters. The van der Waals surface area contributed by atoms with E-state index in [1.165, 1.54) is 51.9 Å². The fourth-order valence-corrected chi connectivity index (χ4v) is 4.79. The van der Waals surface area contributed by atoms with E-state index < -0.39 is 0 Å². The molecule has 90 valence electrons. The molecule has 5 aliphatic rings. The first kappa shape index (κ1) is 9.86. The van der Waals surface area contributed by atoms with Gasteiger partial charge in [-0.2, -0.15) is 0 Å².